The molecule has 1 aliphatic carbocycles. The molecule has 6 heteroatoms. The number of halogens is 1. The highest BCUT2D eigenvalue weighted by atomic mass is 19.1. The average molecular weight is 342 g/mol. The molecule has 0 aromatic heterocycles. The first-order chi connectivity index (χ1) is 12.1. The van der Waals surface area contributed by atoms with Gasteiger partial charge in [-0.15, -0.1) is 0 Å². The number of amides is 2. The smallest absolute Gasteiger partial charge is 0.258 e. The van der Waals surface area contributed by atoms with Gasteiger partial charge in [0.25, 0.3) is 5.91 Å². The van der Waals surface area contributed by atoms with Crippen molar-refractivity contribution in [2.75, 3.05) is 11.9 Å². The molecule has 2 aromatic rings. The van der Waals surface area contributed by atoms with Crippen LogP contribution in [0.4, 0.5) is 10.1 Å². The summed E-state index contributed by atoms with van der Waals surface area (Å²) < 4.78 is 18.2. The number of hydrogen-bond acceptors (Lipinski definition) is 3. The minimum Gasteiger partial charge on any atom is -0.484 e. The summed E-state index contributed by atoms with van der Waals surface area (Å²) in [5.41, 5.74) is 1.52. The molecule has 5 nitrogen and oxygen atoms in total. The van der Waals surface area contributed by atoms with Crippen LogP contribution in [-0.4, -0.2) is 18.4 Å². The van der Waals surface area contributed by atoms with Crippen molar-refractivity contribution in [1.82, 2.24) is 5.32 Å². The van der Waals surface area contributed by atoms with Crippen LogP contribution in [0.15, 0.2) is 48.5 Å². The highest BCUT2D eigenvalue weighted by Gasteiger charge is 2.29. The number of nitrogens with one attached hydrogen (secondary N) is 2. The van der Waals surface area contributed by atoms with Crippen molar-refractivity contribution >= 4 is 17.5 Å². The van der Waals surface area contributed by atoms with Gasteiger partial charge in [-0.1, -0.05) is 12.1 Å². The Kier molecular flexibility index (Phi) is 5.28. The van der Waals surface area contributed by atoms with Gasteiger partial charge in [-0.25, -0.2) is 4.39 Å². The molecule has 1 saturated carbocycles. The van der Waals surface area contributed by atoms with E-state index in [2.05, 4.69) is 10.6 Å². The topological polar surface area (TPSA) is 67.4 Å². The number of hydrogen-bond donors (Lipinski definition) is 2. The van der Waals surface area contributed by atoms with E-state index in [4.69, 9.17) is 4.74 Å². The molecule has 130 valence electrons. The molecule has 0 heterocycles. The van der Waals surface area contributed by atoms with E-state index in [1.807, 2.05) is 0 Å². The number of carbonyl (C=O) groups is 2. The van der Waals surface area contributed by atoms with Gasteiger partial charge in [0.15, 0.2) is 6.61 Å². The van der Waals surface area contributed by atoms with E-state index in [0.29, 0.717) is 18.0 Å². The maximum Gasteiger partial charge on any atom is 0.258 e. The lowest BCUT2D eigenvalue weighted by atomic mass is 10.2. The van der Waals surface area contributed by atoms with Crippen LogP contribution in [0.1, 0.15) is 18.4 Å². The lowest BCUT2D eigenvalue weighted by Crippen LogP contribution is -2.28. The van der Waals surface area contributed by atoms with E-state index in [0.717, 1.165) is 18.4 Å². The van der Waals surface area contributed by atoms with Crippen LogP contribution in [0.5, 0.6) is 5.75 Å². The van der Waals surface area contributed by atoms with Crippen molar-refractivity contribution in [3.8, 4) is 5.75 Å². The third kappa shape index (κ3) is 5.31. The number of benzene rings is 2. The minimum absolute atomic E-state index is 0.0499. The van der Waals surface area contributed by atoms with Gasteiger partial charge in [0.1, 0.15) is 11.6 Å². The van der Waals surface area contributed by atoms with Crippen molar-refractivity contribution in [1.29, 1.82) is 0 Å². The van der Waals surface area contributed by atoms with E-state index in [1.54, 1.807) is 36.4 Å². The highest BCUT2D eigenvalue weighted by molar-refractivity contribution is 5.94. The van der Waals surface area contributed by atoms with Gasteiger partial charge in [-0.3, -0.25) is 9.59 Å². The fourth-order valence-electron chi connectivity index (χ4n) is 2.23. The van der Waals surface area contributed by atoms with Gasteiger partial charge in [0.2, 0.25) is 5.91 Å². The zero-order chi connectivity index (χ0) is 17.6. The van der Waals surface area contributed by atoms with Crippen LogP contribution < -0.4 is 15.4 Å². The summed E-state index contributed by atoms with van der Waals surface area (Å²) in [6.45, 7) is 0.198. The molecule has 0 atom stereocenters. The van der Waals surface area contributed by atoms with Crippen molar-refractivity contribution in [3.63, 3.8) is 0 Å². The second-order valence-electron chi connectivity index (χ2n) is 5.98. The quantitative estimate of drug-likeness (QED) is 0.813. The van der Waals surface area contributed by atoms with E-state index in [-0.39, 0.29) is 30.2 Å². The summed E-state index contributed by atoms with van der Waals surface area (Å²) in [7, 11) is 0. The summed E-state index contributed by atoms with van der Waals surface area (Å²) >= 11 is 0. The van der Waals surface area contributed by atoms with Gasteiger partial charge >= 0.3 is 0 Å². The van der Waals surface area contributed by atoms with Crippen LogP contribution in [0.2, 0.25) is 0 Å². The molecule has 25 heavy (non-hydrogen) atoms. The molecule has 0 bridgehead atoms. The standard InChI is InChI=1S/C19H19FN2O3/c20-15-5-1-13(2-6-15)11-21-18(23)12-25-17-9-7-16(8-10-17)22-19(24)14-3-4-14/h1-2,5-10,14H,3-4,11-12H2,(H,21,23)(H,22,24). The molecule has 0 saturated heterocycles. The Morgan fingerprint density at radius 2 is 1.72 bits per heavy atom. The molecule has 1 aliphatic rings. The Balaban J connectivity index is 1.40. The van der Waals surface area contributed by atoms with Crippen molar-refractivity contribution in [2.24, 2.45) is 5.92 Å². The second-order valence-corrected chi connectivity index (χ2v) is 5.98. The van der Waals surface area contributed by atoms with Crippen LogP contribution in [0.3, 0.4) is 0 Å². The summed E-state index contributed by atoms with van der Waals surface area (Å²) in [5.74, 6) is 0.168. The summed E-state index contributed by atoms with van der Waals surface area (Å²) in [6, 6.07) is 12.8. The summed E-state index contributed by atoms with van der Waals surface area (Å²) in [5, 5.41) is 5.54. The molecule has 0 unspecified atom stereocenters. The Bertz CT molecular complexity index is 740. The van der Waals surface area contributed by atoms with Crippen LogP contribution in [0.25, 0.3) is 0 Å². The van der Waals surface area contributed by atoms with E-state index < -0.39 is 0 Å². The number of rotatable bonds is 7. The van der Waals surface area contributed by atoms with Crippen molar-refractivity contribution < 1.29 is 18.7 Å². The monoisotopic (exact) mass is 342 g/mol. The van der Waals surface area contributed by atoms with E-state index >= 15 is 0 Å². The maximum absolute atomic E-state index is 12.8. The third-order valence-electron chi connectivity index (χ3n) is 3.84. The zero-order valence-corrected chi connectivity index (χ0v) is 13.6. The molecule has 3 rings (SSSR count). The lowest BCUT2D eigenvalue weighted by Gasteiger charge is -2.09. The molecule has 2 aromatic carbocycles. The Morgan fingerprint density at radius 3 is 2.36 bits per heavy atom. The molecule has 0 aliphatic heterocycles. The second kappa shape index (κ2) is 7.79. The molecular weight excluding hydrogens is 323 g/mol. The first kappa shape index (κ1) is 17.0. The predicted octanol–water partition coefficient (Wildman–Crippen LogP) is 2.87. The fraction of sp³-hybridized carbons (Fsp3) is 0.263. The normalized spacial score (nSPS) is 13.2. The van der Waals surface area contributed by atoms with Crippen LogP contribution >= 0.6 is 0 Å². The molecular formula is C19H19FN2O3. The fourth-order valence-corrected chi connectivity index (χ4v) is 2.23. The van der Waals surface area contributed by atoms with Crippen molar-refractivity contribution in [2.45, 2.75) is 19.4 Å². The number of carbonyl (C=O) groups excluding carboxylic acids is 2. The molecule has 1 fully saturated rings. The third-order valence-corrected chi connectivity index (χ3v) is 3.84. The zero-order valence-electron chi connectivity index (χ0n) is 13.6. The molecule has 0 radical (unpaired) electrons. The number of ether oxygens (including phenoxy) is 1. The highest BCUT2D eigenvalue weighted by Crippen LogP contribution is 2.30. The van der Waals surface area contributed by atoms with Gasteiger partial charge in [-0.05, 0) is 54.8 Å². The van der Waals surface area contributed by atoms with Gasteiger partial charge in [0, 0.05) is 18.2 Å². The lowest BCUT2D eigenvalue weighted by molar-refractivity contribution is -0.123. The van der Waals surface area contributed by atoms with E-state index in [9.17, 15) is 14.0 Å². The van der Waals surface area contributed by atoms with Gasteiger partial charge in [-0.2, -0.15) is 0 Å². The largest absolute Gasteiger partial charge is 0.484 e. The van der Waals surface area contributed by atoms with E-state index in [1.165, 1.54) is 12.1 Å². The first-order valence-electron chi connectivity index (χ1n) is 8.15. The van der Waals surface area contributed by atoms with Crippen LogP contribution in [-0.2, 0) is 16.1 Å². The minimum atomic E-state index is -0.310. The van der Waals surface area contributed by atoms with Crippen LogP contribution in [0, 0.1) is 11.7 Å². The van der Waals surface area contributed by atoms with Gasteiger partial charge < -0.3 is 15.4 Å². The Labute approximate surface area is 145 Å². The maximum atomic E-state index is 12.8. The predicted molar refractivity (Wildman–Crippen MR) is 91.5 cm³/mol. The summed E-state index contributed by atoms with van der Waals surface area (Å²) in [4.78, 5) is 23.4. The molecule has 2 amide bonds. The SMILES string of the molecule is O=C(COc1ccc(NC(=O)C2CC2)cc1)NCc1ccc(F)cc1. The number of anilines is 1. The molecule has 2 N–H and O–H groups in total. The first-order valence-corrected chi connectivity index (χ1v) is 8.15. The summed E-state index contributed by atoms with van der Waals surface area (Å²) in [6.07, 6.45) is 1.92. The Morgan fingerprint density at radius 1 is 1.04 bits per heavy atom. The average Bonchev–Trinajstić information content (AvgIpc) is 3.46. The Hall–Kier alpha value is -2.89. The molecule has 0 spiro atoms. The van der Waals surface area contributed by atoms with Gasteiger partial charge in [0.05, 0.1) is 0 Å². The van der Waals surface area contributed by atoms with Crippen molar-refractivity contribution in [3.05, 3.63) is 59.9 Å².